The Morgan fingerprint density at radius 1 is 1.39 bits per heavy atom. The highest BCUT2D eigenvalue weighted by atomic mass is 16.2. The number of amides is 1. The second kappa shape index (κ2) is 5.11. The van der Waals surface area contributed by atoms with Gasteiger partial charge < -0.3 is 10.2 Å². The SMILES string of the molecule is CCNC(C)(C)C(=O)N1CCCc2ccccc21. The summed E-state index contributed by atoms with van der Waals surface area (Å²) in [5, 5.41) is 3.26. The molecule has 0 aliphatic carbocycles. The Kier molecular flexibility index (Phi) is 3.71. The van der Waals surface area contributed by atoms with E-state index in [0.717, 1.165) is 31.6 Å². The van der Waals surface area contributed by atoms with Gasteiger partial charge in [-0.05, 0) is 44.9 Å². The highest BCUT2D eigenvalue weighted by Gasteiger charge is 2.33. The maximum Gasteiger partial charge on any atom is 0.246 e. The van der Waals surface area contributed by atoms with Crippen LogP contribution in [0.1, 0.15) is 32.8 Å². The molecule has 2 rings (SSSR count). The largest absolute Gasteiger partial charge is 0.311 e. The number of carbonyl (C=O) groups is 1. The number of hydrogen-bond donors (Lipinski definition) is 1. The van der Waals surface area contributed by atoms with Gasteiger partial charge in [0.05, 0.1) is 5.54 Å². The average molecular weight is 246 g/mol. The van der Waals surface area contributed by atoms with Gasteiger partial charge in [-0.1, -0.05) is 25.1 Å². The molecule has 3 nitrogen and oxygen atoms in total. The van der Waals surface area contributed by atoms with Crippen molar-refractivity contribution in [2.75, 3.05) is 18.0 Å². The van der Waals surface area contributed by atoms with E-state index in [-0.39, 0.29) is 5.91 Å². The first-order chi connectivity index (χ1) is 8.56. The molecule has 0 spiro atoms. The van der Waals surface area contributed by atoms with Crippen molar-refractivity contribution in [3.63, 3.8) is 0 Å². The lowest BCUT2D eigenvalue weighted by Gasteiger charge is -2.36. The predicted octanol–water partition coefficient (Wildman–Crippen LogP) is 2.35. The number of carbonyl (C=O) groups excluding carboxylic acids is 1. The number of anilines is 1. The van der Waals surface area contributed by atoms with E-state index < -0.39 is 5.54 Å². The summed E-state index contributed by atoms with van der Waals surface area (Å²) in [6.07, 6.45) is 2.12. The molecule has 98 valence electrons. The molecular weight excluding hydrogens is 224 g/mol. The maximum absolute atomic E-state index is 12.6. The Labute approximate surface area is 109 Å². The average Bonchev–Trinajstić information content (AvgIpc) is 2.37. The summed E-state index contributed by atoms with van der Waals surface area (Å²) in [5.41, 5.74) is 1.86. The summed E-state index contributed by atoms with van der Waals surface area (Å²) < 4.78 is 0. The molecule has 18 heavy (non-hydrogen) atoms. The van der Waals surface area contributed by atoms with E-state index in [9.17, 15) is 4.79 Å². The molecule has 1 aliphatic heterocycles. The summed E-state index contributed by atoms with van der Waals surface area (Å²) in [6, 6.07) is 8.22. The van der Waals surface area contributed by atoms with Gasteiger partial charge >= 0.3 is 0 Å². The third-order valence-corrected chi connectivity index (χ3v) is 3.51. The fraction of sp³-hybridized carbons (Fsp3) is 0.533. The number of rotatable bonds is 3. The molecule has 0 fully saturated rings. The van der Waals surface area contributed by atoms with Gasteiger partial charge in [0.25, 0.3) is 0 Å². The number of likely N-dealkylation sites (N-methyl/N-ethyl adjacent to an activating group) is 1. The molecule has 1 aliphatic rings. The predicted molar refractivity (Wildman–Crippen MR) is 74.9 cm³/mol. The molecule has 1 aromatic rings. The van der Waals surface area contributed by atoms with Crippen LogP contribution >= 0.6 is 0 Å². The molecule has 0 atom stereocenters. The van der Waals surface area contributed by atoms with Gasteiger partial charge in [-0.25, -0.2) is 0 Å². The normalized spacial score (nSPS) is 15.4. The lowest BCUT2D eigenvalue weighted by Crippen LogP contribution is -2.55. The van der Waals surface area contributed by atoms with Crippen molar-refractivity contribution >= 4 is 11.6 Å². The Balaban J connectivity index is 2.28. The molecule has 0 saturated heterocycles. The molecule has 1 aromatic carbocycles. The molecule has 1 N–H and O–H groups in total. The van der Waals surface area contributed by atoms with Gasteiger partial charge in [0.2, 0.25) is 5.91 Å². The van der Waals surface area contributed by atoms with Crippen LogP contribution in [0.25, 0.3) is 0 Å². The molecule has 0 bridgehead atoms. The van der Waals surface area contributed by atoms with Crippen LogP contribution in [0, 0.1) is 0 Å². The van der Waals surface area contributed by atoms with E-state index in [4.69, 9.17) is 0 Å². The number of benzene rings is 1. The zero-order chi connectivity index (χ0) is 13.2. The third kappa shape index (κ3) is 2.41. The first-order valence-corrected chi connectivity index (χ1v) is 6.71. The molecular formula is C15H22N2O. The van der Waals surface area contributed by atoms with Crippen molar-refractivity contribution < 1.29 is 4.79 Å². The van der Waals surface area contributed by atoms with Crippen molar-refractivity contribution in [3.05, 3.63) is 29.8 Å². The molecule has 3 heteroatoms. The number of aryl methyl sites for hydroxylation is 1. The van der Waals surface area contributed by atoms with Crippen LogP contribution in [0.5, 0.6) is 0 Å². The summed E-state index contributed by atoms with van der Waals surface area (Å²) in [7, 11) is 0. The van der Waals surface area contributed by atoms with E-state index in [2.05, 4.69) is 17.4 Å². The second-order valence-corrected chi connectivity index (χ2v) is 5.34. The Morgan fingerprint density at radius 3 is 2.83 bits per heavy atom. The summed E-state index contributed by atoms with van der Waals surface area (Å²) >= 11 is 0. The lowest BCUT2D eigenvalue weighted by atomic mass is 9.97. The molecule has 0 aromatic heterocycles. The molecule has 0 saturated carbocycles. The summed E-state index contributed by atoms with van der Waals surface area (Å²) in [5.74, 6) is 0.163. The van der Waals surface area contributed by atoms with Crippen LogP contribution in [-0.2, 0) is 11.2 Å². The first-order valence-electron chi connectivity index (χ1n) is 6.71. The minimum atomic E-state index is -0.501. The van der Waals surface area contributed by atoms with Crippen molar-refractivity contribution in [2.45, 2.75) is 39.2 Å². The quantitative estimate of drug-likeness (QED) is 0.888. The van der Waals surface area contributed by atoms with Gasteiger partial charge in [-0.15, -0.1) is 0 Å². The number of para-hydroxylation sites is 1. The van der Waals surface area contributed by atoms with Crippen molar-refractivity contribution in [2.24, 2.45) is 0 Å². The number of nitrogens with zero attached hydrogens (tertiary/aromatic N) is 1. The topological polar surface area (TPSA) is 32.3 Å². The zero-order valence-electron chi connectivity index (χ0n) is 11.5. The molecule has 0 radical (unpaired) electrons. The van der Waals surface area contributed by atoms with Crippen LogP contribution in [0.2, 0.25) is 0 Å². The monoisotopic (exact) mass is 246 g/mol. The highest BCUT2D eigenvalue weighted by molar-refractivity contribution is 6.00. The Morgan fingerprint density at radius 2 is 2.11 bits per heavy atom. The fourth-order valence-electron chi connectivity index (χ4n) is 2.60. The number of hydrogen-bond acceptors (Lipinski definition) is 2. The van der Waals surface area contributed by atoms with Gasteiger partial charge in [-0.2, -0.15) is 0 Å². The summed E-state index contributed by atoms with van der Waals surface area (Å²) in [6.45, 7) is 7.56. The first kappa shape index (κ1) is 13.1. The summed E-state index contributed by atoms with van der Waals surface area (Å²) in [4.78, 5) is 14.6. The minimum Gasteiger partial charge on any atom is -0.311 e. The van der Waals surface area contributed by atoms with Gasteiger partial charge in [0.1, 0.15) is 0 Å². The Bertz CT molecular complexity index is 440. The highest BCUT2D eigenvalue weighted by Crippen LogP contribution is 2.28. The molecule has 1 amide bonds. The van der Waals surface area contributed by atoms with Crippen molar-refractivity contribution in [1.29, 1.82) is 0 Å². The number of fused-ring (bicyclic) bond motifs is 1. The lowest BCUT2D eigenvalue weighted by molar-refractivity contribution is -0.123. The number of nitrogens with one attached hydrogen (secondary N) is 1. The van der Waals surface area contributed by atoms with E-state index in [1.165, 1.54) is 5.56 Å². The smallest absolute Gasteiger partial charge is 0.246 e. The van der Waals surface area contributed by atoms with Crippen molar-refractivity contribution in [1.82, 2.24) is 5.32 Å². The van der Waals surface area contributed by atoms with Crippen LogP contribution in [0.15, 0.2) is 24.3 Å². The molecule has 1 heterocycles. The van der Waals surface area contributed by atoms with E-state index >= 15 is 0 Å². The van der Waals surface area contributed by atoms with Crippen LogP contribution in [0.3, 0.4) is 0 Å². The van der Waals surface area contributed by atoms with Crippen LogP contribution in [0.4, 0.5) is 5.69 Å². The zero-order valence-corrected chi connectivity index (χ0v) is 11.5. The van der Waals surface area contributed by atoms with Crippen LogP contribution < -0.4 is 10.2 Å². The van der Waals surface area contributed by atoms with Gasteiger partial charge in [0.15, 0.2) is 0 Å². The molecule has 0 unspecified atom stereocenters. The van der Waals surface area contributed by atoms with Crippen molar-refractivity contribution in [3.8, 4) is 0 Å². The Hall–Kier alpha value is -1.35. The second-order valence-electron chi connectivity index (χ2n) is 5.34. The van der Waals surface area contributed by atoms with E-state index in [1.807, 2.05) is 37.8 Å². The minimum absolute atomic E-state index is 0.163. The fourth-order valence-corrected chi connectivity index (χ4v) is 2.60. The van der Waals surface area contributed by atoms with Gasteiger partial charge in [-0.3, -0.25) is 4.79 Å². The van der Waals surface area contributed by atoms with Gasteiger partial charge in [0, 0.05) is 12.2 Å². The van der Waals surface area contributed by atoms with Crippen LogP contribution in [-0.4, -0.2) is 24.5 Å². The van der Waals surface area contributed by atoms with E-state index in [1.54, 1.807) is 0 Å². The third-order valence-electron chi connectivity index (χ3n) is 3.51. The van der Waals surface area contributed by atoms with E-state index in [0.29, 0.717) is 0 Å². The maximum atomic E-state index is 12.6. The standard InChI is InChI=1S/C15H22N2O/c1-4-16-15(2,3)14(18)17-11-7-9-12-8-5-6-10-13(12)17/h5-6,8,10,16H,4,7,9,11H2,1-3H3.